The number of carbonyl (C=O) groups is 1. The average molecular weight is 392 g/mol. The number of rotatable bonds is 6. The van der Waals surface area contributed by atoms with Crippen molar-refractivity contribution in [3.8, 4) is 0 Å². The highest BCUT2D eigenvalue weighted by atomic mass is 19.1. The molecule has 0 fully saturated rings. The molecule has 0 aliphatic carbocycles. The van der Waals surface area contributed by atoms with E-state index >= 15 is 0 Å². The standard InChI is InChI=1S/C22H18F2N4O/c23-15-1-3-17-18(22(29)28-21(17)11-15)13-27-16-2-4-20(19(24)12-16)26-10-7-14-5-8-25-9-6-14/h1-6,8-9,11-13,26-27H,7,10H2,(H,28,29). The molecule has 29 heavy (non-hydrogen) atoms. The fourth-order valence-corrected chi connectivity index (χ4v) is 3.10. The van der Waals surface area contributed by atoms with Crippen LogP contribution in [0.15, 0.2) is 67.1 Å². The Hall–Kier alpha value is -3.74. The minimum atomic E-state index is -0.424. The van der Waals surface area contributed by atoms with Crippen LogP contribution >= 0.6 is 0 Å². The van der Waals surface area contributed by atoms with Crippen molar-refractivity contribution in [2.45, 2.75) is 6.42 Å². The van der Waals surface area contributed by atoms with Gasteiger partial charge in [0.2, 0.25) is 0 Å². The number of anilines is 3. The SMILES string of the molecule is O=C1Nc2cc(F)ccc2C1=CNc1ccc(NCCc2ccncc2)c(F)c1. The van der Waals surface area contributed by atoms with Gasteiger partial charge in [0.1, 0.15) is 11.6 Å². The van der Waals surface area contributed by atoms with E-state index in [1.165, 1.54) is 30.5 Å². The normalized spacial score (nSPS) is 13.9. The molecule has 1 aromatic heterocycles. The predicted molar refractivity (Wildman–Crippen MR) is 109 cm³/mol. The molecule has 3 aromatic rings. The van der Waals surface area contributed by atoms with E-state index in [4.69, 9.17) is 0 Å². The highest BCUT2D eigenvalue weighted by molar-refractivity contribution is 6.31. The second kappa shape index (κ2) is 8.10. The molecule has 1 aliphatic rings. The van der Waals surface area contributed by atoms with Gasteiger partial charge >= 0.3 is 0 Å². The third-order valence-corrected chi connectivity index (χ3v) is 4.60. The Bertz CT molecular complexity index is 1080. The Morgan fingerprint density at radius 3 is 2.66 bits per heavy atom. The minimum Gasteiger partial charge on any atom is -0.382 e. The van der Waals surface area contributed by atoms with E-state index in [2.05, 4.69) is 20.9 Å². The van der Waals surface area contributed by atoms with Crippen LogP contribution in [-0.4, -0.2) is 17.4 Å². The van der Waals surface area contributed by atoms with Crippen LogP contribution in [0.3, 0.4) is 0 Å². The Morgan fingerprint density at radius 2 is 1.86 bits per heavy atom. The molecular formula is C22H18F2N4O. The van der Waals surface area contributed by atoms with E-state index in [1.807, 2.05) is 12.1 Å². The van der Waals surface area contributed by atoms with Crippen LogP contribution in [0.4, 0.5) is 25.8 Å². The van der Waals surface area contributed by atoms with Gasteiger partial charge in [0, 0.05) is 36.4 Å². The summed E-state index contributed by atoms with van der Waals surface area (Å²) in [4.78, 5) is 16.1. The lowest BCUT2D eigenvalue weighted by Crippen LogP contribution is -2.07. The zero-order chi connectivity index (χ0) is 20.2. The average Bonchev–Trinajstić information content (AvgIpc) is 3.02. The number of hydrogen-bond donors (Lipinski definition) is 3. The van der Waals surface area contributed by atoms with E-state index in [0.717, 1.165) is 12.0 Å². The molecule has 0 spiro atoms. The maximum absolute atomic E-state index is 14.4. The summed E-state index contributed by atoms with van der Waals surface area (Å²) in [5.74, 6) is -1.17. The van der Waals surface area contributed by atoms with Crippen LogP contribution < -0.4 is 16.0 Å². The topological polar surface area (TPSA) is 66.1 Å². The van der Waals surface area contributed by atoms with Crippen molar-refractivity contribution >= 4 is 28.5 Å². The zero-order valence-corrected chi connectivity index (χ0v) is 15.4. The van der Waals surface area contributed by atoms with Crippen molar-refractivity contribution in [1.82, 2.24) is 4.98 Å². The van der Waals surface area contributed by atoms with Crippen LogP contribution in [0.25, 0.3) is 5.57 Å². The van der Waals surface area contributed by atoms with Crippen molar-refractivity contribution in [1.29, 1.82) is 0 Å². The summed E-state index contributed by atoms with van der Waals surface area (Å²) in [6.45, 7) is 0.589. The van der Waals surface area contributed by atoms with Gasteiger partial charge in [-0.25, -0.2) is 8.78 Å². The van der Waals surface area contributed by atoms with E-state index in [-0.39, 0.29) is 5.91 Å². The number of fused-ring (bicyclic) bond motifs is 1. The molecule has 2 heterocycles. The number of hydrogen-bond acceptors (Lipinski definition) is 4. The summed E-state index contributed by atoms with van der Waals surface area (Å²) in [5.41, 5.74) is 3.39. The van der Waals surface area contributed by atoms with E-state index < -0.39 is 11.6 Å². The summed E-state index contributed by atoms with van der Waals surface area (Å²) >= 11 is 0. The first-order valence-electron chi connectivity index (χ1n) is 9.10. The lowest BCUT2D eigenvalue weighted by atomic mass is 10.1. The lowest BCUT2D eigenvalue weighted by molar-refractivity contribution is -0.110. The summed E-state index contributed by atoms with van der Waals surface area (Å²) < 4.78 is 27.7. The van der Waals surface area contributed by atoms with Gasteiger partial charge in [-0.05, 0) is 60.5 Å². The molecule has 4 rings (SSSR count). The fraction of sp³-hybridized carbons (Fsp3) is 0.0909. The molecule has 0 bridgehead atoms. The maximum atomic E-state index is 14.4. The molecular weight excluding hydrogens is 374 g/mol. The molecule has 0 saturated carbocycles. The summed E-state index contributed by atoms with van der Waals surface area (Å²) in [6, 6.07) is 12.6. The highest BCUT2D eigenvalue weighted by Crippen LogP contribution is 2.32. The molecule has 1 aliphatic heterocycles. The van der Waals surface area contributed by atoms with E-state index in [9.17, 15) is 13.6 Å². The number of halogens is 2. The molecule has 0 unspecified atom stereocenters. The molecule has 3 N–H and O–H groups in total. The molecule has 1 amide bonds. The number of pyridine rings is 1. The Balaban J connectivity index is 1.41. The number of nitrogens with one attached hydrogen (secondary N) is 3. The van der Waals surface area contributed by atoms with Crippen LogP contribution in [0, 0.1) is 11.6 Å². The zero-order valence-electron chi connectivity index (χ0n) is 15.4. The first-order valence-corrected chi connectivity index (χ1v) is 9.10. The van der Waals surface area contributed by atoms with Gasteiger partial charge in [0.05, 0.1) is 16.9 Å². The summed E-state index contributed by atoms with van der Waals surface area (Å²) in [5, 5.41) is 8.61. The maximum Gasteiger partial charge on any atom is 0.257 e. The minimum absolute atomic E-state index is 0.340. The second-order valence-corrected chi connectivity index (χ2v) is 6.57. The smallest absolute Gasteiger partial charge is 0.257 e. The van der Waals surface area contributed by atoms with Gasteiger partial charge in [-0.15, -0.1) is 0 Å². The summed E-state index contributed by atoms with van der Waals surface area (Å²) in [6.07, 6.45) is 5.70. The van der Waals surface area contributed by atoms with Crippen molar-refractivity contribution in [2.24, 2.45) is 0 Å². The van der Waals surface area contributed by atoms with Gasteiger partial charge in [-0.2, -0.15) is 0 Å². The van der Waals surface area contributed by atoms with E-state index in [0.29, 0.717) is 34.7 Å². The van der Waals surface area contributed by atoms with Crippen molar-refractivity contribution in [3.05, 3.63) is 89.9 Å². The number of benzene rings is 2. The number of amides is 1. The third kappa shape index (κ3) is 4.24. The van der Waals surface area contributed by atoms with Gasteiger partial charge in [0.25, 0.3) is 5.91 Å². The second-order valence-electron chi connectivity index (χ2n) is 6.57. The van der Waals surface area contributed by atoms with Gasteiger partial charge in [-0.1, -0.05) is 0 Å². The molecule has 146 valence electrons. The first kappa shape index (κ1) is 18.6. The van der Waals surface area contributed by atoms with Crippen LogP contribution in [-0.2, 0) is 11.2 Å². The molecule has 0 atom stereocenters. The fourth-order valence-electron chi connectivity index (χ4n) is 3.10. The largest absolute Gasteiger partial charge is 0.382 e. The number of carbonyl (C=O) groups excluding carboxylic acids is 1. The Morgan fingerprint density at radius 1 is 1.03 bits per heavy atom. The number of nitrogens with zero attached hydrogens (tertiary/aromatic N) is 1. The van der Waals surface area contributed by atoms with Gasteiger partial charge in [0.15, 0.2) is 0 Å². The van der Waals surface area contributed by atoms with Crippen molar-refractivity contribution < 1.29 is 13.6 Å². The molecule has 2 aromatic carbocycles. The van der Waals surface area contributed by atoms with Crippen molar-refractivity contribution in [2.75, 3.05) is 22.5 Å². The van der Waals surface area contributed by atoms with Gasteiger partial charge in [-0.3, -0.25) is 9.78 Å². The lowest BCUT2D eigenvalue weighted by Gasteiger charge is -2.09. The first-order chi connectivity index (χ1) is 14.1. The predicted octanol–water partition coefficient (Wildman–Crippen LogP) is 4.42. The monoisotopic (exact) mass is 392 g/mol. The van der Waals surface area contributed by atoms with Crippen molar-refractivity contribution in [3.63, 3.8) is 0 Å². The molecule has 0 radical (unpaired) electrons. The van der Waals surface area contributed by atoms with Gasteiger partial charge < -0.3 is 16.0 Å². The van der Waals surface area contributed by atoms with Crippen LogP contribution in [0.2, 0.25) is 0 Å². The highest BCUT2D eigenvalue weighted by Gasteiger charge is 2.24. The van der Waals surface area contributed by atoms with Crippen LogP contribution in [0.5, 0.6) is 0 Å². The molecule has 0 saturated heterocycles. The third-order valence-electron chi connectivity index (χ3n) is 4.60. The Kier molecular flexibility index (Phi) is 5.20. The van der Waals surface area contributed by atoms with E-state index in [1.54, 1.807) is 24.5 Å². The van der Waals surface area contributed by atoms with Crippen LogP contribution in [0.1, 0.15) is 11.1 Å². The summed E-state index contributed by atoms with van der Waals surface area (Å²) in [7, 11) is 0. The Labute approximate surface area is 166 Å². The molecule has 7 heteroatoms. The quantitative estimate of drug-likeness (QED) is 0.544. The number of aromatic nitrogens is 1. The molecule has 5 nitrogen and oxygen atoms in total.